The number of nitrogen functional groups attached to an aromatic ring is 1. The first-order valence-electron chi connectivity index (χ1n) is 5.04. The van der Waals surface area contributed by atoms with E-state index in [2.05, 4.69) is 10.3 Å². The van der Waals surface area contributed by atoms with Crippen LogP contribution in [0.1, 0.15) is 10.4 Å². The lowest BCUT2D eigenvalue weighted by Gasteiger charge is -2.06. The van der Waals surface area contributed by atoms with Crippen molar-refractivity contribution in [2.24, 2.45) is 0 Å². The number of hydrogen-bond acceptors (Lipinski definition) is 3. The van der Waals surface area contributed by atoms with Crippen molar-refractivity contribution < 1.29 is 9.18 Å². The molecule has 0 unspecified atom stereocenters. The molecule has 0 fully saturated rings. The van der Waals surface area contributed by atoms with Gasteiger partial charge in [-0.1, -0.05) is 11.6 Å². The molecule has 0 aliphatic carbocycles. The maximum atomic E-state index is 13.4. The summed E-state index contributed by atoms with van der Waals surface area (Å²) in [7, 11) is 0. The van der Waals surface area contributed by atoms with E-state index in [4.69, 9.17) is 17.3 Å². The minimum Gasteiger partial charge on any atom is -0.399 e. The summed E-state index contributed by atoms with van der Waals surface area (Å²) in [6.07, 6.45) is 1.44. The summed E-state index contributed by atoms with van der Waals surface area (Å²) >= 11 is 5.75. The van der Waals surface area contributed by atoms with Crippen LogP contribution in [-0.2, 0) is 0 Å². The van der Waals surface area contributed by atoms with Gasteiger partial charge in [-0.15, -0.1) is 0 Å². The van der Waals surface area contributed by atoms with Gasteiger partial charge in [0, 0.05) is 16.9 Å². The lowest BCUT2D eigenvalue weighted by atomic mass is 10.2. The Bertz CT molecular complexity index is 604. The molecule has 0 saturated heterocycles. The maximum absolute atomic E-state index is 13.4. The fourth-order valence-corrected chi connectivity index (χ4v) is 1.53. The van der Waals surface area contributed by atoms with Gasteiger partial charge in [-0.3, -0.25) is 4.79 Å². The molecular weight excluding hydrogens is 257 g/mol. The number of nitrogens with two attached hydrogens (primary N) is 1. The first-order valence-corrected chi connectivity index (χ1v) is 5.42. The van der Waals surface area contributed by atoms with Crippen molar-refractivity contribution in [3.05, 3.63) is 52.9 Å². The number of benzene rings is 1. The molecule has 3 N–H and O–H groups in total. The minimum atomic E-state index is -0.649. The smallest absolute Gasteiger partial charge is 0.259 e. The number of hydrogen-bond donors (Lipinski definition) is 2. The van der Waals surface area contributed by atoms with E-state index >= 15 is 0 Å². The molecule has 2 aromatic rings. The topological polar surface area (TPSA) is 68.0 Å². The fraction of sp³-hybridized carbons (Fsp3) is 0. The molecule has 6 heteroatoms. The second kappa shape index (κ2) is 5.01. The highest BCUT2D eigenvalue weighted by atomic mass is 35.5. The van der Waals surface area contributed by atoms with Crippen molar-refractivity contribution >= 4 is 29.0 Å². The van der Waals surface area contributed by atoms with E-state index in [-0.39, 0.29) is 11.4 Å². The molecule has 92 valence electrons. The second-order valence-corrected chi connectivity index (χ2v) is 3.99. The van der Waals surface area contributed by atoms with Gasteiger partial charge in [-0.25, -0.2) is 9.37 Å². The summed E-state index contributed by atoms with van der Waals surface area (Å²) in [5.74, 6) is -1.03. The molecule has 0 saturated carbocycles. The van der Waals surface area contributed by atoms with Crippen LogP contribution in [0.4, 0.5) is 15.9 Å². The Morgan fingerprint density at radius 3 is 2.83 bits per heavy atom. The zero-order chi connectivity index (χ0) is 13.1. The predicted octanol–water partition coefficient (Wildman–Crippen LogP) is 2.71. The normalized spacial score (nSPS) is 10.1. The van der Waals surface area contributed by atoms with Crippen molar-refractivity contribution in [3.8, 4) is 0 Å². The number of amides is 1. The Hall–Kier alpha value is -2.14. The number of nitrogens with zero attached hydrogens (tertiary/aromatic N) is 1. The van der Waals surface area contributed by atoms with Gasteiger partial charge in [0.25, 0.3) is 5.91 Å². The minimum absolute atomic E-state index is 0.142. The summed E-state index contributed by atoms with van der Waals surface area (Å²) < 4.78 is 13.4. The summed E-state index contributed by atoms with van der Waals surface area (Å²) in [5.41, 5.74) is 5.66. The fourth-order valence-electron chi connectivity index (χ4n) is 1.37. The van der Waals surface area contributed by atoms with Crippen LogP contribution in [-0.4, -0.2) is 10.9 Å². The van der Waals surface area contributed by atoms with Crippen molar-refractivity contribution in [2.45, 2.75) is 0 Å². The molecule has 2 rings (SSSR count). The van der Waals surface area contributed by atoms with Gasteiger partial charge >= 0.3 is 0 Å². The Balaban J connectivity index is 2.24. The highest BCUT2D eigenvalue weighted by molar-refractivity contribution is 6.30. The molecule has 0 bridgehead atoms. The van der Waals surface area contributed by atoms with E-state index in [0.29, 0.717) is 10.7 Å². The van der Waals surface area contributed by atoms with Crippen molar-refractivity contribution in [1.82, 2.24) is 4.98 Å². The number of nitrogens with one attached hydrogen (secondary N) is 1. The first-order chi connectivity index (χ1) is 8.56. The summed E-state index contributed by atoms with van der Waals surface area (Å²) in [6.45, 7) is 0. The van der Waals surface area contributed by atoms with E-state index in [1.165, 1.54) is 24.4 Å². The lowest BCUT2D eigenvalue weighted by Crippen LogP contribution is -2.15. The third-order valence-electron chi connectivity index (χ3n) is 2.20. The van der Waals surface area contributed by atoms with Crippen LogP contribution < -0.4 is 11.1 Å². The maximum Gasteiger partial charge on any atom is 0.259 e. The van der Waals surface area contributed by atoms with Gasteiger partial charge in [-0.2, -0.15) is 0 Å². The molecule has 0 aliphatic heterocycles. The van der Waals surface area contributed by atoms with Crippen LogP contribution in [0.15, 0.2) is 36.5 Å². The van der Waals surface area contributed by atoms with Crippen molar-refractivity contribution in [2.75, 3.05) is 11.1 Å². The third-order valence-corrected chi connectivity index (χ3v) is 2.43. The van der Waals surface area contributed by atoms with Crippen LogP contribution in [0.25, 0.3) is 0 Å². The van der Waals surface area contributed by atoms with Gasteiger partial charge in [0.2, 0.25) is 0 Å². The Morgan fingerprint density at radius 2 is 2.11 bits per heavy atom. The standard InChI is InChI=1S/C12H9ClFN3O/c13-7-3-4-16-11(5-7)17-12(18)9-6-8(15)1-2-10(9)14/h1-6H,15H2,(H,16,17,18). The highest BCUT2D eigenvalue weighted by Crippen LogP contribution is 2.16. The molecule has 1 heterocycles. The van der Waals surface area contributed by atoms with Gasteiger partial charge < -0.3 is 11.1 Å². The average molecular weight is 266 g/mol. The summed E-state index contributed by atoms with van der Waals surface area (Å²) in [6, 6.07) is 6.80. The molecule has 0 spiro atoms. The Kier molecular flexibility index (Phi) is 3.43. The summed E-state index contributed by atoms with van der Waals surface area (Å²) in [5, 5.41) is 2.86. The molecule has 18 heavy (non-hydrogen) atoms. The van der Waals surface area contributed by atoms with Crippen LogP contribution in [0.2, 0.25) is 5.02 Å². The van der Waals surface area contributed by atoms with Crippen LogP contribution in [0, 0.1) is 5.82 Å². The Labute approximate surface area is 108 Å². The molecule has 1 amide bonds. The van der Waals surface area contributed by atoms with E-state index in [1.54, 1.807) is 6.07 Å². The number of carbonyl (C=O) groups excluding carboxylic acids is 1. The second-order valence-electron chi connectivity index (χ2n) is 3.55. The number of anilines is 2. The quantitative estimate of drug-likeness (QED) is 0.821. The SMILES string of the molecule is Nc1ccc(F)c(C(=O)Nc2cc(Cl)ccn2)c1. The molecule has 0 atom stereocenters. The molecule has 0 aliphatic rings. The number of rotatable bonds is 2. The van der Waals surface area contributed by atoms with E-state index < -0.39 is 11.7 Å². The van der Waals surface area contributed by atoms with Gasteiger partial charge in [-0.05, 0) is 30.3 Å². The van der Waals surface area contributed by atoms with Gasteiger partial charge in [0.05, 0.1) is 5.56 Å². The molecule has 4 nitrogen and oxygen atoms in total. The van der Waals surface area contributed by atoms with Crippen molar-refractivity contribution in [3.63, 3.8) is 0 Å². The zero-order valence-electron chi connectivity index (χ0n) is 9.15. The number of pyridine rings is 1. The van der Waals surface area contributed by atoms with Crippen LogP contribution in [0.5, 0.6) is 0 Å². The Morgan fingerprint density at radius 1 is 1.33 bits per heavy atom. The average Bonchev–Trinajstić information content (AvgIpc) is 2.32. The highest BCUT2D eigenvalue weighted by Gasteiger charge is 2.12. The van der Waals surface area contributed by atoms with Crippen LogP contribution >= 0.6 is 11.6 Å². The molecule has 1 aromatic heterocycles. The first kappa shape index (κ1) is 12.3. The molecular formula is C12H9ClFN3O. The molecule has 0 radical (unpaired) electrons. The number of halogens is 2. The number of carbonyl (C=O) groups is 1. The van der Waals surface area contributed by atoms with Gasteiger partial charge in [0.15, 0.2) is 0 Å². The third kappa shape index (κ3) is 2.75. The van der Waals surface area contributed by atoms with Crippen molar-refractivity contribution in [1.29, 1.82) is 0 Å². The summed E-state index contributed by atoms with van der Waals surface area (Å²) in [4.78, 5) is 15.7. The van der Waals surface area contributed by atoms with E-state index in [1.807, 2.05) is 0 Å². The molecule has 1 aromatic carbocycles. The van der Waals surface area contributed by atoms with Crippen LogP contribution in [0.3, 0.4) is 0 Å². The zero-order valence-corrected chi connectivity index (χ0v) is 9.91. The largest absolute Gasteiger partial charge is 0.399 e. The predicted molar refractivity (Wildman–Crippen MR) is 68.0 cm³/mol. The van der Waals surface area contributed by atoms with E-state index in [0.717, 1.165) is 6.07 Å². The monoisotopic (exact) mass is 265 g/mol. The lowest BCUT2D eigenvalue weighted by molar-refractivity contribution is 0.102. The van der Waals surface area contributed by atoms with E-state index in [9.17, 15) is 9.18 Å². The van der Waals surface area contributed by atoms with Gasteiger partial charge in [0.1, 0.15) is 11.6 Å². The number of aromatic nitrogens is 1.